The van der Waals surface area contributed by atoms with E-state index in [2.05, 4.69) is 20.2 Å². The van der Waals surface area contributed by atoms with Gasteiger partial charge in [0.05, 0.1) is 17.1 Å². The predicted molar refractivity (Wildman–Crippen MR) is 74.0 cm³/mol. The molecule has 2 rings (SSSR count). The molecule has 6 nitrogen and oxygen atoms in total. The fourth-order valence-electron chi connectivity index (χ4n) is 1.61. The Kier molecular flexibility index (Phi) is 4.45. The number of aromatic nitrogens is 4. The molecule has 0 unspecified atom stereocenters. The molecule has 0 atom stereocenters. The molecule has 106 valence electrons. The van der Waals surface area contributed by atoms with Crippen molar-refractivity contribution in [3.8, 4) is 11.6 Å². The van der Waals surface area contributed by atoms with Crippen LogP contribution in [-0.4, -0.2) is 33.4 Å². The highest BCUT2D eigenvalue weighted by Gasteiger charge is 2.05. The lowest BCUT2D eigenvalue weighted by atomic mass is 10.3. The summed E-state index contributed by atoms with van der Waals surface area (Å²) >= 11 is 0. The van der Waals surface area contributed by atoms with Gasteiger partial charge in [-0.1, -0.05) is 0 Å². The Morgan fingerprint density at radius 1 is 0.900 bits per heavy atom. The first-order valence-electron chi connectivity index (χ1n) is 6.43. The van der Waals surface area contributed by atoms with Crippen molar-refractivity contribution in [2.75, 3.05) is 13.2 Å². The van der Waals surface area contributed by atoms with E-state index in [-0.39, 0.29) is 0 Å². The van der Waals surface area contributed by atoms with Crippen molar-refractivity contribution in [1.82, 2.24) is 20.2 Å². The normalized spacial score (nSPS) is 10.4. The van der Waals surface area contributed by atoms with Crippen molar-refractivity contribution in [3.05, 3.63) is 35.0 Å². The molecule has 6 heteroatoms. The molecule has 0 N–H and O–H groups in total. The largest absolute Gasteiger partial charge is 0.488 e. The van der Waals surface area contributed by atoms with E-state index in [0.717, 1.165) is 28.5 Å². The molecule has 0 fully saturated rings. The quantitative estimate of drug-likeness (QED) is 0.776. The lowest BCUT2D eigenvalue weighted by molar-refractivity contribution is 0.208. The molecule has 2 heterocycles. The van der Waals surface area contributed by atoms with Crippen LogP contribution in [0.4, 0.5) is 0 Å². The number of rotatable bonds is 5. The third kappa shape index (κ3) is 3.63. The maximum absolute atomic E-state index is 5.63. The summed E-state index contributed by atoms with van der Waals surface area (Å²) in [5.41, 5.74) is 3.19. The van der Waals surface area contributed by atoms with E-state index in [1.807, 2.05) is 33.8 Å². The zero-order valence-corrected chi connectivity index (χ0v) is 12.2. The number of hydrogen-bond acceptors (Lipinski definition) is 6. The van der Waals surface area contributed by atoms with Gasteiger partial charge in [0.15, 0.2) is 0 Å². The van der Waals surface area contributed by atoms with Crippen molar-refractivity contribution in [1.29, 1.82) is 0 Å². The van der Waals surface area contributed by atoms with Crippen LogP contribution in [0.5, 0.6) is 11.6 Å². The van der Waals surface area contributed by atoms with Crippen molar-refractivity contribution in [2.24, 2.45) is 0 Å². The minimum absolute atomic E-state index is 0.403. The highest BCUT2D eigenvalue weighted by atomic mass is 16.5. The van der Waals surface area contributed by atoms with Gasteiger partial charge in [0.2, 0.25) is 5.88 Å². The van der Waals surface area contributed by atoms with Gasteiger partial charge in [-0.2, -0.15) is 10.2 Å². The summed E-state index contributed by atoms with van der Waals surface area (Å²) in [4.78, 5) is 8.48. The first-order valence-corrected chi connectivity index (χ1v) is 6.43. The molecular weight excluding hydrogens is 256 g/mol. The van der Waals surface area contributed by atoms with Gasteiger partial charge >= 0.3 is 0 Å². The predicted octanol–water partition coefficient (Wildman–Crippen LogP) is 1.96. The van der Waals surface area contributed by atoms with E-state index >= 15 is 0 Å². The summed E-state index contributed by atoms with van der Waals surface area (Å²) < 4.78 is 11.2. The average molecular weight is 274 g/mol. The zero-order valence-electron chi connectivity index (χ0n) is 12.2. The second kappa shape index (κ2) is 6.27. The zero-order chi connectivity index (χ0) is 14.5. The van der Waals surface area contributed by atoms with Gasteiger partial charge in [0, 0.05) is 12.3 Å². The van der Waals surface area contributed by atoms with Gasteiger partial charge in [-0.25, -0.2) is 4.98 Å². The molecule has 0 radical (unpaired) electrons. The van der Waals surface area contributed by atoms with E-state index < -0.39 is 0 Å². The minimum Gasteiger partial charge on any atom is -0.488 e. The van der Waals surface area contributed by atoms with Crippen molar-refractivity contribution < 1.29 is 9.47 Å². The van der Waals surface area contributed by atoms with Crippen LogP contribution in [0.2, 0.25) is 0 Å². The van der Waals surface area contributed by atoms with Gasteiger partial charge in [0.25, 0.3) is 0 Å². The molecule has 0 saturated carbocycles. The Bertz CT molecular complexity index is 548. The summed E-state index contributed by atoms with van der Waals surface area (Å²) in [6, 6.07) is 1.86. The summed E-state index contributed by atoms with van der Waals surface area (Å²) in [5, 5.41) is 7.96. The Labute approximate surface area is 118 Å². The molecule has 0 saturated heterocycles. The van der Waals surface area contributed by atoms with Gasteiger partial charge < -0.3 is 9.47 Å². The molecule has 0 bridgehead atoms. The Morgan fingerprint density at radius 3 is 2.45 bits per heavy atom. The highest BCUT2D eigenvalue weighted by molar-refractivity contribution is 5.26. The summed E-state index contributed by atoms with van der Waals surface area (Å²) in [6.45, 7) is 8.30. The van der Waals surface area contributed by atoms with Gasteiger partial charge in [0.1, 0.15) is 24.7 Å². The monoisotopic (exact) mass is 274 g/mol. The summed E-state index contributed by atoms with van der Waals surface area (Å²) in [6.07, 6.45) is 1.72. The van der Waals surface area contributed by atoms with Gasteiger partial charge in [-0.05, 0) is 27.7 Å². The standard InChI is InChI=1S/C14H18N4O2/c1-9-7-13(11(3)18-17-9)19-5-6-20-14-12(4)15-8-10(2)16-14/h7-8H,5-6H2,1-4H3. The first-order chi connectivity index (χ1) is 9.56. The third-order valence-electron chi connectivity index (χ3n) is 2.67. The van der Waals surface area contributed by atoms with Crippen molar-refractivity contribution in [3.63, 3.8) is 0 Å². The smallest absolute Gasteiger partial charge is 0.235 e. The number of ether oxygens (including phenoxy) is 2. The maximum atomic E-state index is 5.63. The van der Waals surface area contributed by atoms with Crippen LogP contribution < -0.4 is 9.47 Å². The molecule has 2 aromatic heterocycles. The minimum atomic E-state index is 0.403. The lowest BCUT2D eigenvalue weighted by Crippen LogP contribution is -2.12. The van der Waals surface area contributed by atoms with Gasteiger partial charge in [-0.15, -0.1) is 0 Å². The Morgan fingerprint density at radius 2 is 1.65 bits per heavy atom. The van der Waals surface area contributed by atoms with Crippen LogP contribution in [0.25, 0.3) is 0 Å². The molecule has 0 amide bonds. The van der Waals surface area contributed by atoms with E-state index in [0.29, 0.717) is 19.1 Å². The summed E-state index contributed by atoms with van der Waals surface area (Å²) in [5.74, 6) is 1.28. The lowest BCUT2D eigenvalue weighted by Gasteiger charge is -2.10. The van der Waals surface area contributed by atoms with Crippen LogP contribution in [0.1, 0.15) is 22.8 Å². The fourth-order valence-corrected chi connectivity index (χ4v) is 1.61. The Hall–Kier alpha value is -2.24. The summed E-state index contributed by atoms with van der Waals surface area (Å²) in [7, 11) is 0. The molecular formula is C14H18N4O2. The van der Waals surface area contributed by atoms with Crippen LogP contribution in [0.15, 0.2) is 12.3 Å². The Balaban J connectivity index is 1.87. The molecule has 2 aromatic rings. The van der Waals surface area contributed by atoms with E-state index in [1.165, 1.54) is 0 Å². The molecule has 0 aliphatic heterocycles. The van der Waals surface area contributed by atoms with E-state index in [9.17, 15) is 0 Å². The number of hydrogen-bond donors (Lipinski definition) is 0. The first kappa shape index (κ1) is 14.2. The second-order valence-electron chi connectivity index (χ2n) is 4.53. The molecule has 0 aliphatic carbocycles. The van der Waals surface area contributed by atoms with Crippen LogP contribution >= 0.6 is 0 Å². The fraction of sp³-hybridized carbons (Fsp3) is 0.429. The molecule has 0 spiro atoms. The van der Waals surface area contributed by atoms with Crippen molar-refractivity contribution in [2.45, 2.75) is 27.7 Å². The SMILES string of the molecule is Cc1cc(OCCOc2nc(C)cnc2C)c(C)nn1. The highest BCUT2D eigenvalue weighted by Crippen LogP contribution is 2.15. The van der Waals surface area contributed by atoms with E-state index in [4.69, 9.17) is 9.47 Å². The second-order valence-corrected chi connectivity index (χ2v) is 4.53. The topological polar surface area (TPSA) is 70.0 Å². The van der Waals surface area contributed by atoms with E-state index in [1.54, 1.807) is 6.20 Å². The molecule has 0 aromatic carbocycles. The van der Waals surface area contributed by atoms with Crippen LogP contribution in [-0.2, 0) is 0 Å². The van der Waals surface area contributed by atoms with Gasteiger partial charge in [-0.3, -0.25) is 4.98 Å². The number of aryl methyl sites for hydroxylation is 4. The van der Waals surface area contributed by atoms with Crippen LogP contribution in [0.3, 0.4) is 0 Å². The van der Waals surface area contributed by atoms with Crippen LogP contribution in [0, 0.1) is 27.7 Å². The number of nitrogens with zero attached hydrogens (tertiary/aromatic N) is 4. The maximum Gasteiger partial charge on any atom is 0.235 e. The third-order valence-corrected chi connectivity index (χ3v) is 2.67. The van der Waals surface area contributed by atoms with Crippen molar-refractivity contribution >= 4 is 0 Å². The average Bonchev–Trinajstić information content (AvgIpc) is 2.42. The molecule has 20 heavy (non-hydrogen) atoms. The molecule has 0 aliphatic rings.